The van der Waals surface area contributed by atoms with Crippen molar-refractivity contribution < 1.29 is 9.13 Å². The zero-order chi connectivity index (χ0) is 13.9. The summed E-state index contributed by atoms with van der Waals surface area (Å²) in [5, 5.41) is 0. The van der Waals surface area contributed by atoms with Crippen LogP contribution in [0, 0.1) is 5.82 Å². The first kappa shape index (κ1) is 12.6. The third kappa shape index (κ3) is 2.35. The molecule has 2 heterocycles. The number of halogens is 1. The molecule has 0 bridgehead atoms. The van der Waals surface area contributed by atoms with Crippen molar-refractivity contribution in [3.63, 3.8) is 0 Å². The number of fused-ring (bicyclic) bond motifs is 1. The van der Waals surface area contributed by atoms with E-state index < -0.39 is 0 Å². The van der Waals surface area contributed by atoms with Gasteiger partial charge in [0.1, 0.15) is 17.2 Å². The number of pyridine rings is 1. The fraction of sp³-hybridized carbons (Fsp3) is 0.133. The van der Waals surface area contributed by atoms with E-state index in [1.54, 1.807) is 12.1 Å². The summed E-state index contributed by atoms with van der Waals surface area (Å²) in [6.45, 7) is 0.502. The molecule has 1 aromatic carbocycles. The van der Waals surface area contributed by atoms with Crippen LogP contribution in [0.4, 0.5) is 4.39 Å². The van der Waals surface area contributed by atoms with Crippen molar-refractivity contribution in [2.24, 2.45) is 5.73 Å². The van der Waals surface area contributed by atoms with Gasteiger partial charge in [-0.05, 0) is 42.9 Å². The second-order valence-electron chi connectivity index (χ2n) is 4.39. The number of hydrogen-bond donors (Lipinski definition) is 1. The molecule has 0 aliphatic heterocycles. The minimum atomic E-state index is -0.297. The molecule has 3 rings (SSSR count). The molecule has 0 saturated carbocycles. The fourth-order valence-electron chi connectivity index (χ4n) is 2.09. The second-order valence-corrected chi connectivity index (χ2v) is 4.39. The zero-order valence-electron chi connectivity index (χ0n) is 10.8. The van der Waals surface area contributed by atoms with E-state index in [0.717, 1.165) is 11.3 Å². The van der Waals surface area contributed by atoms with Gasteiger partial charge in [0.25, 0.3) is 0 Å². The molecule has 0 amide bonds. The van der Waals surface area contributed by atoms with Crippen LogP contribution < -0.4 is 10.5 Å². The number of benzene rings is 1. The second kappa shape index (κ2) is 5.30. The van der Waals surface area contributed by atoms with Crippen molar-refractivity contribution in [3.05, 3.63) is 60.2 Å². The van der Waals surface area contributed by atoms with Gasteiger partial charge < -0.3 is 14.9 Å². The van der Waals surface area contributed by atoms with Crippen LogP contribution in [0.5, 0.6) is 11.6 Å². The normalized spacial score (nSPS) is 10.9. The van der Waals surface area contributed by atoms with Gasteiger partial charge in [0.05, 0.1) is 5.69 Å². The minimum Gasteiger partial charge on any atom is -0.437 e. The van der Waals surface area contributed by atoms with E-state index in [2.05, 4.69) is 4.98 Å². The third-order valence-electron chi connectivity index (χ3n) is 3.00. The molecule has 2 N–H and O–H groups in total. The monoisotopic (exact) mass is 271 g/mol. The Morgan fingerprint density at radius 3 is 2.70 bits per heavy atom. The molecule has 0 atom stereocenters. The van der Waals surface area contributed by atoms with Crippen molar-refractivity contribution in [1.29, 1.82) is 0 Å². The van der Waals surface area contributed by atoms with Gasteiger partial charge in [0.2, 0.25) is 5.88 Å². The van der Waals surface area contributed by atoms with Crippen LogP contribution in [-0.2, 0) is 6.42 Å². The topological polar surface area (TPSA) is 52.5 Å². The van der Waals surface area contributed by atoms with E-state index in [1.165, 1.54) is 12.1 Å². The first-order chi connectivity index (χ1) is 9.78. The Kier molecular flexibility index (Phi) is 3.35. The molecule has 0 aliphatic rings. The highest BCUT2D eigenvalue weighted by molar-refractivity contribution is 5.46. The number of imidazole rings is 1. The first-order valence-corrected chi connectivity index (χ1v) is 6.37. The van der Waals surface area contributed by atoms with Gasteiger partial charge in [-0.3, -0.25) is 0 Å². The van der Waals surface area contributed by atoms with Crippen molar-refractivity contribution in [1.82, 2.24) is 9.38 Å². The summed E-state index contributed by atoms with van der Waals surface area (Å²) in [7, 11) is 0. The number of rotatable bonds is 4. The summed E-state index contributed by atoms with van der Waals surface area (Å²) in [5.74, 6) is 0.760. The number of hydrogen-bond acceptors (Lipinski definition) is 3. The van der Waals surface area contributed by atoms with E-state index in [1.807, 2.05) is 28.8 Å². The Balaban J connectivity index is 2.01. The van der Waals surface area contributed by atoms with Gasteiger partial charge in [-0.15, -0.1) is 0 Å². The quantitative estimate of drug-likeness (QED) is 0.793. The van der Waals surface area contributed by atoms with Crippen LogP contribution in [0.25, 0.3) is 5.65 Å². The van der Waals surface area contributed by atoms with Gasteiger partial charge in [-0.1, -0.05) is 6.07 Å². The maximum Gasteiger partial charge on any atom is 0.241 e. The SMILES string of the molecule is NCCc1c(Oc2ccc(F)cc2)nc2ccccn12. The molecule has 0 saturated heterocycles. The lowest BCUT2D eigenvalue weighted by Gasteiger charge is -2.05. The average Bonchev–Trinajstić information content (AvgIpc) is 2.80. The lowest BCUT2D eigenvalue weighted by molar-refractivity contribution is 0.457. The fourth-order valence-corrected chi connectivity index (χ4v) is 2.09. The van der Waals surface area contributed by atoms with Gasteiger partial charge in [0, 0.05) is 12.6 Å². The molecule has 20 heavy (non-hydrogen) atoms. The maximum atomic E-state index is 12.9. The van der Waals surface area contributed by atoms with E-state index in [4.69, 9.17) is 10.5 Å². The molecule has 2 aromatic heterocycles. The van der Waals surface area contributed by atoms with Crippen LogP contribution in [0.1, 0.15) is 5.69 Å². The number of aromatic nitrogens is 2. The average molecular weight is 271 g/mol. The highest BCUT2D eigenvalue weighted by Gasteiger charge is 2.13. The van der Waals surface area contributed by atoms with Crippen LogP contribution in [0.2, 0.25) is 0 Å². The lowest BCUT2D eigenvalue weighted by Crippen LogP contribution is -2.06. The molecule has 0 spiro atoms. The van der Waals surface area contributed by atoms with Gasteiger partial charge in [-0.25, -0.2) is 4.39 Å². The van der Waals surface area contributed by atoms with E-state index in [-0.39, 0.29) is 5.82 Å². The largest absolute Gasteiger partial charge is 0.437 e. The third-order valence-corrected chi connectivity index (χ3v) is 3.00. The summed E-state index contributed by atoms with van der Waals surface area (Å²) >= 11 is 0. The molecule has 102 valence electrons. The van der Waals surface area contributed by atoms with Crippen LogP contribution in [0.3, 0.4) is 0 Å². The van der Waals surface area contributed by atoms with Crippen LogP contribution in [-0.4, -0.2) is 15.9 Å². The predicted molar refractivity (Wildman–Crippen MR) is 74.4 cm³/mol. The molecular formula is C15H14FN3O. The van der Waals surface area contributed by atoms with E-state index in [9.17, 15) is 4.39 Å². The molecule has 0 unspecified atom stereocenters. The maximum absolute atomic E-state index is 12.9. The predicted octanol–water partition coefficient (Wildman–Crippen LogP) is 2.77. The molecule has 0 radical (unpaired) electrons. The van der Waals surface area contributed by atoms with Crippen LogP contribution >= 0.6 is 0 Å². The van der Waals surface area contributed by atoms with Gasteiger partial charge in [-0.2, -0.15) is 4.98 Å². The van der Waals surface area contributed by atoms with E-state index >= 15 is 0 Å². The molecule has 0 aliphatic carbocycles. The summed E-state index contributed by atoms with van der Waals surface area (Å²) < 4.78 is 20.6. The van der Waals surface area contributed by atoms with Gasteiger partial charge >= 0.3 is 0 Å². The Morgan fingerprint density at radius 1 is 1.15 bits per heavy atom. The van der Waals surface area contributed by atoms with Crippen molar-refractivity contribution in [2.45, 2.75) is 6.42 Å². The molecule has 5 heteroatoms. The Hall–Kier alpha value is -2.40. The standard InChI is InChI=1S/C15H14FN3O/c16-11-4-6-12(7-5-11)20-15-13(8-9-17)19-10-2-1-3-14(19)18-15/h1-7,10H,8-9,17H2. The molecule has 3 aromatic rings. The lowest BCUT2D eigenvalue weighted by atomic mass is 10.3. The first-order valence-electron chi connectivity index (χ1n) is 6.37. The van der Waals surface area contributed by atoms with E-state index in [0.29, 0.717) is 24.6 Å². The summed E-state index contributed by atoms with van der Waals surface area (Å²) in [6, 6.07) is 11.6. The van der Waals surface area contributed by atoms with Crippen molar-refractivity contribution in [3.8, 4) is 11.6 Å². The summed E-state index contributed by atoms with van der Waals surface area (Å²) in [6.07, 6.45) is 2.58. The zero-order valence-corrected chi connectivity index (χ0v) is 10.8. The Bertz CT molecular complexity index is 722. The van der Waals surface area contributed by atoms with Crippen molar-refractivity contribution >= 4 is 5.65 Å². The molecule has 4 nitrogen and oxygen atoms in total. The van der Waals surface area contributed by atoms with Crippen LogP contribution in [0.15, 0.2) is 48.7 Å². The van der Waals surface area contributed by atoms with Crippen molar-refractivity contribution in [2.75, 3.05) is 6.54 Å². The number of nitrogens with zero attached hydrogens (tertiary/aromatic N) is 2. The smallest absolute Gasteiger partial charge is 0.241 e. The Labute approximate surface area is 115 Å². The Morgan fingerprint density at radius 2 is 1.95 bits per heavy atom. The molecule has 0 fully saturated rings. The minimum absolute atomic E-state index is 0.297. The highest BCUT2D eigenvalue weighted by Crippen LogP contribution is 2.26. The number of nitrogens with two attached hydrogens (primary N) is 1. The highest BCUT2D eigenvalue weighted by atomic mass is 19.1. The number of ether oxygens (including phenoxy) is 1. The molecular weight excluding hydrogens is 257 g/mol. The summed E-state index contributed by atoms with van der Waals surface area (Å²) in [5.41, 5.74) is 7.36. The van der Waals surface area contributed by atoms with Gasteiger partial charge in [0.15, 0.2) is 0 Å². The summed E-state index contributed by atoms with van der Waals surface area (Å²) in [4.78, 5) is 4.44.